The molecule has 0 N–H and O–H groups in total. The molecule has 1 aliphatic heterocycles. The van der Waals surface area contributed by atoms with E-state index in [9.17, 15) is 8.42 Å². The Morgan fingerprint density at radius 3 is 2.85 bits per heavy atom. The molecule has 0 unspecified atom stereocenters. The highest BCUT2D eigenvalue weighted by Gasteiger charge is 2.33. The Labute approximate surface area is 157 Å². The molecule has 8 heteroatoms. The number of hydrogen-bond acceptors (Lipinski definition) is 5. The molecule has 0 saturated carbocycles. The van der Waals surface area contributed by atoms with Crippen molar-refractivity contribution in [2.45, 2.75) is 29.5 Å². The van der Waals surface area contributed by atoms with Crippen LogP contribution in [0.25, 0.3) is 0 Å². The first-order valence-corrected chi connectivity index (χ1v) is 10.9. The average molecular weight is 389 g/mol. The molecule has 1 aliphatic rings. The summed E-state index contributed by atoms with van der Waals surface area (Å²) in [6.07, 6.45) is 7.28. The molecule has 0 radical (unpaired) electrons. The van der Waals surface area contributed by atoms with E-state index in [4.69, 9.17) is 0 Å². The van der Waals surface area contributed by atoms with Crippen LogP contribution < -0.4 is 0 Å². The van der Waals surface area contributed by atoms with Crippen molar-refractivity contribution in [2.24, 2.45) is 0 Å². The number of sulfonamides is 1. The number of rotatable bonds is 5. The number of piperidine rings is 1. The molecule has 1 fully saturated rings. The zero-order valence-electron chi connectivity index (χ0n) is 14.2. The number of pyridine rings is 1. The zero-order chi connectivity index (χ0) is 18.0. The zero-order valence-corrected chi connectivity index (χ0v) is 15.9. The van der Waals surface area contributed by atoms with Gasteiger partial charge >= 0.3 is 0 Å². The van der Waals surface area contributed by atoms with Crippen molar-refractivity contribution in [3.8, 4) is 0 Å². The van der Waals surface area contributed by atoms with Crippen molar-refractivity contribution in [3.63, 3.8) is 0 Å². The molecule has 0 spiro atoms. The van der Waals surface area contributed by atoms with Gasteiger partial charge in [-0.05, 0) is 36.4 Å². The van der Waals surface area contributed by atoms with E-state index in [2.05, 4.69) is 14.5 Å². The highest BCUT2D eigenvalue weighted by atomic mass is 32.2. The molecular formula is C18H20N4O2S2. The molecule has 6 nitrogen and oxygen atoms in total. The molecule has 26 heavy (non-hydrogen) atoms. The van der Waals surface area contributed by atoms with Crippen LogP contribution >= 0.6 is 11.3 Å². The van der Waals surface area contributed by atoms with Crippen LogP contribution in [0.15, 0.2) is 58.5 Å². The van der Waals surface area contributed by atoms with Gasteiger partial charge in [-0.25, -0.2) is 13.4 Å². The van der Waals surface area contributed by atoms with Crippen LogP contribution in [0.2, 0.25) is 0 Å². The van der Waals surface area contributed by atoms with E-state index < -0.39 is 10.0 Å². The average Bonchev–Trinajstić information content (AvgIpc) is 3.35. The quantitative estimate of drug-likeness (QED) is 0.674. The first kappa shape index (κ1) is 17.4. The van der Waals surface area contributed by atoms with Gasteiger partial charge in [-0.15, -0.1) is 11.3 Å². The van der Waals surface area contributed by atoms with E-state index >= 15 is 0 Å². The van der Waals surface area contributed by atoms with Gasteiger partial charge in [0, 0.05) is 37.6 Å². The Bertz CT molecular complexity index is 952. The maximum absolute atomic E-state index is 12.8. The molecule has 0 amide bonds. The summed E-state index contributed by atoms with van der Waals surface area (Å²) in [5.41, 5.74) is 0.964. The predicted molar refractivity (Wildman–Crippen MR) is 101 cm³/mol. The lowest BCUT2D eigenvalue weighted by molar-refractivity contribution is 0.306. The molecule has 4 heterocycles. The summed E-state index contributed by atoms with van der Waals surface area (Å²) in [6.45, 7) is 1.68. The summed E-state index contributed by atoms with van der Waals surface area (Å²) in [6, 6.07) is 9.30. The molecular weight excluding hydrogens is 368 g/mol. The number of imidazole rings is 1. The third-order valence-corrected chi connectivity index (χ3v) is 7.88. The fourth-order valence-corrected chi connectivity index (χ4v) is 6.06. The Hall–Kier alpha value is -2.03. The van der Waals surface area contributed by atoms with E-state index in [1.807, 2.05) is 24.4 Å². The number of thiophene rings is 1. The largest absolute Gasteiger partial charge is 0.329 e. The minimum absolute atomic E-state index is 0.0946. The Morgan fingerprint density at radius 1 is 1.15 bits per heavy atom. The van der Waals surface area contributed by atoms with Gasteiger partial charge in [0.05, 0.1) is 12.2 Å². The van der Waals surface area contributed by atoms with Crippen LogP contribution in [0.5, 0.6) is 0 Å². The summed E-state index contributed by atoms with van der Waals surface area (Å²) >= 11 is 1.27. The first-order chi connectivity index (χ1) is 12.6. The molecule has 0 bridgehead atoms. The van der Waals surface area contributed by atoms with Crippen LogP contribution in [0, 0.1) is 0 Å². The van der Waals surface area contributed by atoms with E-state index in [0.29, 0.717) is 23.8 Å². The van der Waals surface area contributed by atoms with Crippen molar-refractivity contribution in [1.82, 2.24) is 18.8 Å². The van der Waals surface area contributed by atoms with Gasteiger partial charge < -0.3 is 4.57 Å². The number of aromatic nitrogens is 3. The van der Waals surface area contributed by atoms with Crippen molar-refractivity contribution >= 4 is 21.4 Å². The summed E-state index contributed by atoms with van der Waals surface area (Å²) in [5.74, 6) is 1.03. The Morgan fingerprint density at radius 2 is 2.08 bits per heavy atom. The summed E-state index contributed by atoms with van der Waals surface area (Å²) in [4.78, 5) is 8.91. The molecule has 1 atom stereocenters. The van der Waals surface area contributed by atoms with Gasteiger partial charge in [0.1, 0.15) is 10.0 Å². The number of nitrogens with zero attached hydrogens (tertiary/aromatic N) is 4. The van der Waals surface area contributed by atoms with Crippen LogP contribution in [-0.4, -0.2) is 40.3 Å². The maximum Gasteiger partial charge on any atom is 0.252 e. The molecule has 1 saturated heterocycles. The highest BCUT2D eigenvalue weighted by molar-refractivity contribution is 7.91. The first-order valence-electron chi connectivity index (χ1n) is 8.59. The minimum atomic E-state index is -3.41. The maximum atomic E-state index is 12.8. The number of hydrogen-bond donors (Lipinski definition) is 0. The molecule has 0 aromatic carbocycles. The molecule has 136 valence electrons. The van der Waals surface area contributed by atoms with Gasteiger partial charge in [-0.2, -0.15) is 4.31 Å². The van der Waals surface area contributed by atoms with E-state index in [-0.39, 0.29) is 5.92 Å². The van der Waals surface area contributed by atoms with E-state index in [0.717, 1.165) is 24.4 Å². The SMILES string of the molecule is O=S(=O)(c1cccs1)N1CCC[C@@H](c2nccn2Cc2ccccn2)C1. The molecule has 3 aromatic heterocycles. The summed E-state index contributed by atoms with van der Waals surface area (Å²) in [7, 11) is -3.41. The second-order valence-electron chi connectivity index (χ2n) is 6.37. The smallest absolute Gasteiger partial charge is 0.252 e. The Balaban J connectivity index is 1.55. The van der Waals surface area contributed by atoms with Crippen molar-refractivity contribution in [1.29, 1.82) is 0 Å². The summed E-state index contributed by atoms with van der Waals surface area (Å²) in [5, 5.41) is 1.80. The van der Waals surface area contributed by atoms with E-state index in [1.165, 1.54) is 11.3 Å². The van der Waals surface area contributed by atoms with Gasteiger partial charge in [0.2, 0.25) is 0 Å². The summed E-state index contributed by atoms with van der Waals surface area (Å²) < 4.78 is 29.8. The van der Waals surface area contributed by atoms with Crippen LogP contribution in [0.4, 0.5) is 0 Å². The van der Waals surface area contributed by atoms with Crippen LogP contribution in [0.1, 0.15) is 30.3 Å². The van der Waals surface area contributed by atoms with Crippen molar-refractivity contribution in [2.75, 3.05) is 13.1 Å². The topological polar surface area (TPSA) is 68.1 Å². The van der Waals surface area contributed by atoms with E-state index in [1.54, 1.807) is 34.2 Å². The second-order valence-corrected chi connectivity index (χ2v) is 9.48. The third-order valence-electron chi connectivity index (χ3n) is 4.64. The lowest BCUT2D eigenvalue weighted by Gasteiger charge is -2.31. The van der Waals surface area contributed by atoms with Gasteiger partial charge in [-0.1, -0.05) is 12.1 Å². The lowest BCUT2D eigenvalue weighted by Crippen LogP contribution is -2.39. The second kappa shape index (κ2) is 7.30. The molecule has 3 aromatic rings. The predicted octanol–water partition coefficient (Wildman–Crippen LogP) is 2.96. The van der Waals surface area contributed by atoms with Gasteiger partial charge in [-0.3, -0.25) is 4.98 Å². The fraction of sp³-hybridized carbons (Fsp3) is 0.333. The minimum Gasteiger partial charge on any atom is -0.329 e. The van der Waals surface area contributed by atoms with Crippen LogP contribution in [0.3, 0.4) is 0 Å². The Kier molecular flexibility index (Phi) is 4.88. The molecule has 4 rings (SSSR count). The standard InChI is InChI=1S/C18H20N4O2S2/c23-26(24,17-7-4-12-25-17)22-10-3-5-15(13-22)18-20-9-11-21(18)14-16-6-1-2-8-19-16/h1-2,4,6-9,11-12,15H,3,5,10,13-14H2/t15-/m1/s1. The van der Waals surface area contributed by atoms with Crippen molar-refractivity contribution < 1.29 is 8.42 Å². The van der Waals surface area contributed by atoms with Crippen molar-refractivity contribution in [3.05, 3.63) is 65.8 Å². The highest BCUT2D eigenvalue weighted by Crippen LogP contribution is 2.31. The normalized spacial score (nSPS) is 18.8. The van der Waals surface area contributed by atoms with Gasteiger partial charge in [0.25, 0.3) is 10.0 Å². The third kappa shape index (κ3) is 3.44. The monoisotopic (exact) mass is 388 g/mol. The van der Waals surface area contributed by atoms with Gasteiger partial charge in [0.15, 0.2) is 0 Å². The molecule has 0 aliphatic carbocycles. The fourth-order valence-electron chi connectivity index (χ4n) is 3.39. The lowest BCUT2D eigenvalue weighted by atomic mass is 9.99. The van der Waals surface area contributed by atoms with Crippen LogP contribution in [-0.2, 0) is 16.6 Å².